The van der Waals surface area contributed by atoms with Crippen LogP contribution in [0.3, 0.4) is 0 Å². The summed E-state index contributed by atoms with van der Waals surface area (Å²) in [5, 5.41) is 8.84. The number of nitrogens with two attached hydrogens (primary N) is 1. The third kappa shape index (κ3) is 2.01. The normalized spacial score (nSPS) is 12.9. The number of carbonyl (C=O) groups is 1. The first-order valence-electron chi connectivity index (χ1n) is 5.42. The molecular formula is C12H15N3O2. The van der Waals surface area contributed by atoms with Crippen molar-refractivity contribution in [2.45, 2.75) is 26.3 Å². The highest BCUT2D eigenvalue weighted by molar-refractivity contribution is 5.73. The molecule has 17 heavy (non-hydrogen) atoms. The molecular weight excluding hydrogens is 218 g/mol. The Morgan fingerprint density at radius 2 is 2.29 bits per heavy atom. The molecule has 3 N–H and O–H groups in total. The summed E-state index contributed by atoms with van der Waals surface area (Å²) in [5.41, 5.74) is 9.17. The Labute approximate surface area is 98.9 Å². The Hall–Kier alpha value is -1.88. The first-order valence-corrected chi connectivity index (χ1v) is 5.42. The van der Waals surface area contributed by atoms with Crippen molar-refractivity contribution in [3.63, 3.8) is 0 Å². The molecule has 0 aliphatic heterocycles. The minimum Gasteiger partial charge on any atom is -0.480 e. The lowest BCUT2D eigenvalue weighted by atomic mass is 10.1. The zero-order valence-electron chi connectivity index (χ0n) is 9.84. The molecule has 0 saturated heterocycles. The summed E-state index contributed by atoms with van der Waals surface area (Å²) >= 11 is 0. The number of hydrogen-bond donors (Lipinski definition) is 2. The summed E-state index contributed by atoms with van der Waals surface area (Å²) in [6.07, 6.45) is 2.16. The summed E-state index contributed by atoms with van der Waals surface area (Å²) in [5.74, 6) is -0.994. The Morgan fingerprint density at radius 3 is 2.94 bits per heavy atom. The molecule has 90 valence electrons. The number of aliphatic carboxylic acids is 1. The molecule has 2 rings (SSSR count). The molecule has 0 amide bonds. The maximum absolute atomic E-state index is 10.8. The fourth-order valence-corrected chi connectivity index (χ4v) is 1.91. The highest BCUT2D eigenvalue weighted by Gasteiger charge is 2.17. The van der Waals surface area contributed by atoms with Gasteiger partial charge in [-0.3, -0.25) is 4.79 Å². The van der Waals surface area contributed by atoms with Crippen LogP contribution < -0.4 is 5.73 Å². The quantitative estimate of drug-likeness (QED) is 0.825. The van der Waals surface area contributed by atoms with Gasteiger partial charge in [0, 0.05) is 18.3 Å². The number of nitrogens with zero attached hydrogens (tertiary/aromatic N) is 2. The standard InChI is InChI=1S/C12H15N3O2/c1-7-4-3-5-15-10(6-9(13)12(16)17)8(2)14-11(7)15/h3-5,9H,6,13H2,1-2H3,(H,16,17). The minimum atomic E-state index is -0.994. The molecule has 0 aromatic carbocycles. The van der Waals surface area contributed by atoms with E-state index in [4.69, 9.17) is 10.8 Å². The second-order valence-corrected chi connectivity index (χ2v) is 4.18. The summed E-state index contributed by atoms with van der Waals surface area (Å²) in [4.78, 5) is 15.2. The van der Waals surface area contributed by atoms with E-state index in [-0.39, 0.29) is 6.42 Å². The first kappa shape index (κ1) is 11.6. The molecule has 2 aromatic rings. The van der Waals surface area contributed by atoms with Crippen LogP contribution in [0.5, 0.6) is 0 Å². The monoisotopic (exact) mass is 233 g/mol. The van der Waals surface area contributed by atoms with E-state index in [1.165, 1.54) is 0 Å². The van der Waals surface area contributed by atoms with Gasteiger partial charge in [0.25, 0.3) is 0 Å². The number of imidazole rings is 1. The molecule has 1 unspecified atom stereocenters. The summed E-state index contributed by atoms with van der Waals surface area (Å²) in [7, 11) is 0. The predicted octanol–water partition coefficient (Wildman–Crippen LogP) is 0.906. The van der Waals surface area contributed by atoms with Crippen LogP contribution in [0, 0.1) is 13.8 Å². The van der Waals surface area contributed by atoms with Gasteiger partial charge < -0.3 is 15.2 Å². The SMILES string of the molecule is Cc1nc2c(C)cccn2c1CC(N)C(=O)O. The van der Waals surface area contributed by atoms with Crippen LogP contribution in [0.4, 0.5) is 0 Å². The summed E-state index contributed by atoms with van der Waals surface area (Å²) in [6.45, 7) is 3.85. The van der Waals surface area contributed by atoms with Crippen molar-refractivity contribution in [2.75, 3.05) is 0 Å². The van der Waals surface area contributed by atoms with Crippen LogP contribution in [0.15, 0.2) is 18.3 Å². The zero-order valence-corrected chi connectivity index (χ0v) is 9.84. The van der Waals surface area contributed by atoms with Crippen LogP contribution in [0.1, 0.15) is 17.0 Å². The molecule has 2 heterocycles. The second kappa shape index (κ2) is 4.18. The largest absolute Gasteiger partial charge is 0.480 e. The lowest BCUT2D eigenvalue weighted by molar-refractivity contribution is -0.138. The van der Waals surface area contributed by atoms with E-state index in [2.05, 4.69) is 4.98 Å². The van der Waals surface area contributed by atoms with Gasteiger partial charge in [-0.05, 0) is 25.5 Å². The lowest BCUT2D eigenvalue weighted by Gasteiger charge is -2.07. The number of aromatic nitrogens is 2. The molecule has 0 bridgehead atoms. The van der Waals surface area contributed by atoms with E-state index in [0.717, 1.165) is 22.6 Å². The van der Waals surface area contributed by atoms with Crippen LogP contribution >= 0.6 is 0 Å². The molecule has 0 aliphatic carbocycles. The van der Waals surface area contributed by atoms with E-state index >= 15 is 0 Å². The van der Waals surface area contributed by atoms with Crippen molar-refractivity contribution in [3.8, 4) is 0 Å². The van der Waals surface area contributed by atoms with Crippen molar-refractivity contribution in [3.05, 3.63) is 35.3 Å². The Morgan fingerprint density at radius 1 is 1.59 bits per heavy atom. The van der Waals surface area contributed by atoms with Gasteiger partial charge in [0.05, 0.1) is 5.69 Å². The van der Waals surface area contributed by atoms with Gasteiger partial charge in [0.1, 0.15) is 11.7 Å². The minimum absolute atomic E-state index is 0.284. The molecule has 0 fully saturated rings. The maximum Gasteiger partial charge on any atom is 0.320 e. The molecule has 0 radical (unpaired) electrons. The van der Waals surface area contributed by atoms with Gasteiger partial charge in [0.2, 0.25) is 0 Å². The number of rotatable bonds is 3. The van der Waals surface area contributed by atoms with E-state index < -0.39 is 12.0 Å². The number of carboxylic acids is 1. The van der Waals surface area contributed by atoms with Crippen molar-refractivity contribution >= 4 is 11.6 Å². The second-order valence-electron chi connectivity index (χ2n) is 4.18. The Kier molecular flexibility index (Phi) is 2.85. The van der Waals surface area contributed by atoms with Crippen LogP contribution in [-0.2, 0) is 11.2 Å². The number of fused-ring (bicyclic) bond motifs is 1. The smallest absolute Gasteiger partial charge is 0.320 e. The Bertz CT molecular complexity index is 574. The van der Waals surface area contributed by atoms with Gasteiger partial charge in [-0.15, -0.1) is 0 Å². The number of carboxylic acid groups (broad SMARTS) is 1. The predicted molar refractivity (Wildman–Crippen MR) is 64.0 cm³/mol. The van der Waals surface area contributed by atoms with Crippen molar-refractivity contribution in [2.24, 2.45) is 5.73 Å². The van der Waals surface area contributed by atoms with E-state index in [9.17, 15) is 4.79 Å². The first-order chi connectivity index (χ1) is 8.00. The third-order valence-corrected chi connectivity index (χ3v) is 2.87. The average molecular weight is 233 g/mol. The summed E-state index contributed by atoms with van der Waals surface area (Å²) in [6, 6.07) is 3.00. The molecule has 1 atom stereocenters. The maximum atomic E-state index is 10.8. The van der Waals surface area contributed by atoms with Crippen molar-refractivity contribution in [1.82, 2.24) is 9.38 Å². The van der Waals surface area contributed by atoms with E-state index in [1.807, 2.05) is 36.6 Å². The number of hydrogen-bond acceptors (Lipinski definition) is 3. The molecule has 5 nitrogen and oxygen atoms in total. The van der Waals surface area contributed by atoms with Crippen molar-refractivity contribution < 1.29 is 9.90 Å². The number of aryl methyl sites for hydroxylation is 2. The summed E-state index contributed by atoms with van der Waals surface area (Å²) < 4.78 is 1.91. The van der Waals surface area contributed by atoms with Gasteiger partial charge in [0.15, 0.2) is 0 Å². The highest BCUT2D eigenvalue weighted by atomic mass is 16.4. The number of pyridine rings is 1. The van der Waals surface area contributed by atoms with Crippen molar-refractivity contribution in [1.29, 1.82) is 0 Å². The molecule has 0 spiro atoms. The fraction of sp³-hybridized carbons (Fsp3) is 0.333. The van der Waals surface area contributed by atoms with Crippen LogP contribution in [0.25, 0.3) is 5.65 Å². The molecule has 5 heteroatoms. The molecule has 0 saturated carbocycles. The van der Waals surface area contributed by atoms with E-state index in [1.54, 1.807) is 0 Å². The van der Waals surface area contributed by atoms with E-state index in [0.29, 0.717) is 0 Å². The highest BCUT2D eigenvalue weighted by Crippen LogP contribution is 2.16. The van der Waals surface area contributed by atoms with Gasteiger partial charge in [-0.2, -0.15) is 0 Å². The fourth-order valence-electron chi connectivity index (χ4n) is 1.91. The zero-order chi connectivity index (χ0) is 12.6. The van der Waals surface area contributed by atoms with Gasteiger partial charge in [-0.1, -0.05) is 6.07 Å². The van der Waals surface area contributed by atoms with Crippen LogP contribution in [-0.4, -0.2) is 26.5 Å². The van der Waals surface area contributed by atoms with Gasteiger partial charge >= 0.3 is 5.97 Å². The van der Waals surface area contributed by atoms with Crippen LogP contribution in [0.2, 0.25) is 0 Å². The average Bonchev–Trinajstić information content (AvgIpc) is 2.58. The van der Waals surface area contributed by atoms with Gasteiger partial charge in [-0.25, -0.2) is 4.98 Å². The molecule has 0 aliphatic rings. The topological polar surface area (TPSA) is 80.6 Å². The lowest BCUT2D eigenvalue weighted by Crippen LogP contribution is -2.32. The third-order valence-electron chi connectivity index (χ3n) is 2.87. The molecule has 2 aromatic heterocycles. The Balaban J connectivity index is 2.50.